The predicted molar refractivity (Wildman–Crippen MR) is 92.6 cm³/mol. The van der Waals surface area contributed by atoms with E-state index in [1.165, 1.54) is 4.72 Å². The van der Waals surface area contributed by atoms with Crippen LogP contribution in [0, 0.1) is 0 Å². The van der Waals surface area contributed by atoms with Gasteiger partial charge in [0.25, 0.3) is 0 Å². The van der Waals surface area contributed by atoms with Crippen LogP contribution in [0.5, 0.6) is 0 Å². The van der Waals surface area contributed by atoms with Crippen molar-refractivity contribution in [1.29, 1.82) is 0 Å². The van der Waals surface area contributed by atoms with E-state index in [4.69, 9.17) is 14.2 Å². The summed E-state index contributed by atoms with van der Waals surface area (Å²) < 4.78 is 122. The Morgan fingerprint density at radius 1 is 1.03 bits per heavy atom. The molecule has 2 heterocycles. The Morgan fingerprint density at radius 3 is 2.11 bits per heavy atom. The Labute approximate surface area is 196 Å². The molecule has 0 aromatic carbocycles. The lowest BCUT2D eigenvalue weighted by Crippen LogP contribution is -2.66. The minimum atomic E-state index is -5.64. The highest BCUT2D eigenvalue weighted by molar-refractivity contribution is 7.83. The van der Waals surface area contributed by atoms with Gasteiger partial charge in [-0.25, -0.2) is 30.0 Å². The average Bonchev–Trinajstić information content (AvgIpc) is 2.65. The average molecular weight is 573 g/mol. The zero-order valence-corrected chi connectivity index (χ0v) is 19.0. The molecule has 2 aliphatic heterocycles. The maximum atomic E-state index is 11.1. The van der Waals surface area contributed by atoms with E-state index in [0.29, 0.717) is 6.08 Å². The number of ether oxygens (including phenoxy) is 3. The Bertz CT molecular complexity index is 1130. The highest BCUT2D eigenvalue weighted by Gasteiger charge is 2.50. The molecule has 0 aromatic heterocycles. The van der Waals surface area contributed by atoms with Crippen LogP contribution in [0.1, 0.15) is 0 Å². The van der Waals surface area contributed by atoms with Crippen LogP contribution in [-0.2, 0) is 58.5 Å². The van der Waals surface area contributed by atoms with Crippen molar-refractivity contribution >= 4 is 37.1 Å². The number of carbonyl (C=O) groups excluding carboxylic acids is 1. The number of aliphatic carboxylic acids is 1. The molecule has 0 saturated carbocycles. The van der Waals surface area contributed by atoms with E-state index in [2.05, 4.69) is 8.37 Å². The SMILES string of the molecule is O=C([O-])C1=C[C@@H](O)[C@@H](OS(=O)(=O)[O-])[C@H](O[C@@H]2[C@@H](O)[C@H](NS(=O)(=O)[O-])[C@@H](O)O[C@H]2COS(=O)(=O)[O-])O1. The quantitative estimate of drug-likeness (QED) is 0.139. The number of hydrogen-bond acceptors (Lipinski definition) is 19. The van der Waals surface area contributed by atoms with Gasteiger partial charge in [0.1, 0.15) is 42.2 Å². The summed E-state index contributed by atoms with van der Waals surface area (Å²) in [7, 11) is -16.5. The molecule has 23 heteroatoms. The number of aliphatic hydroxyl groups is 3. The molecule has 0 aliphatic carbocycles. The van der Waals surface area contributed by atoms with Gasteiger partial charge in [-0.1, -0.05) is 0 Å². The number of rotatable bonds is 10. The van der Waals surface area contributed by atoms with Gasteiger partial charge in [0.2, 0.25) is 27.1 Å². The summed E-state index contributed by atoms with van der Waals surface area (Å²) in [6.07, 6.45) is -15.9. The van der Waals surface area contributed by atoms with Gasteiger partial charge in [-0.15, -0.1) is 0 Å². The second kappa shape index (κ2) is 10.8. The Balaban J connectivity index is 2.44. The minimum Gasteiger partial charge on any atom is -0.735 e. The van der Waals surface area contributed by atoms with Crippen LogP contribution in [0.4, 0.5) is 0 Å². The Hall–Kier alpha value is -1.58. The number of hydrogen-bond donors (Lipinski definition) is 4. The number of nitrogens with one attached hydrogen (secondary N) is 1. The van der Waals surface area contributed by atoms with Crippen molar-refractivity contribution in [3.8, 4) is 0 Å². The Morgan fingerprint density at radius 2 is 1.63 bits per heavy atom. The lowest BCUT2D eigenvalue weighted by Gasteiger charge is -2.45. The van der Waals surface area contributed by atoms with Crippen molar-refractivity contribution < 1.29 is 86.7 Å². The van der Waals surface area contributed by atoms with Gasteiger partial charge in [-0.3, -0.25) is 8.37 Å². The summed E-state index contributed by atoms with van der Waals surface area (Å²) in [6, 6.07) is -2.25. The molecule has 1 saturated heterocycles. The minimum absolute atomic E-state index is 0.335. The molecule has 0 bridgehead atoms. The summed E-state index contributed by atoms with van der Waals surface area (Å²) in [5.74, 6) is -3.31. The lowest BCUT2D eigenvalue weighted by molar-refractivity contribution is -0.320. The van der Waals surface area contributed by atoms with Crippen LogP contribution >= 0.6 is 0 Å². The van der Waals surface area contributed by atoms with Crippen LogP contribution in [0.3, 0.4) is 0 Å². The molecule has 0 radical (unpaired) electrons. The standard InChI is InChI=1S/C12H19NO19S3/c14-3-1-4(10(16)17)30-12(8(3)32-35(25,26)27)31-9-5(2-28-34(22,23)24)29-11(18)6(7(9)15)13-33(19,20)21/h1,3,5-9,11-15,18H,2H2,(H,16,17)(H,19,20,21)(H,22,23,24)(H,25,26,27)/p-4/t3-,5+,6+,7+,8-,9+,11+,12+/m1/s1. The van der Waals surface area contributed by atoms with Gasteiger partial charge in [0, 0.05) is 0 Å². The molecule has 1 fully saturated rings. The van der Waals surface area contributed by atoms with Crippen molar-refractivity contribution in [3.63, 3.8) is 0 Å². The van der Waals surface area contributed by atoms with Gasteiger partial charge in [0.15, 0.2) is 22.7 Å². The van der Waals surface area contributed by atoms with Crippen molar-refractivity contribution in [3.05, 3.63) is 11.8 Å². The summed E-state index contributed by atoms with van der Waals surface area (Å²) in [5.41, 5.74) is 0. The van der Waals surface area contributed by atoms with Crippen molar-refractivity contribution in [2.45, 2.75) is 49.1 Å². The largest absolute Gasteiger partial charge is 0.735 e. The van der Waals surface area contributed by atoms with Crippen molar-refractivity contribution in [1.82, 2.24) is 4.72 Å². The summed E-state index contributed by atoms with van der Waals surface area (Å²) in [5, 5.41) is 41.4. The molecule has 2 rings (SSSR count). The number of carboxylic acid groups (broad SMARTS) is 1. The monoisotopic (exact) mass is 573 g/mol. The van der Waals surface area contributed by atoms with Gasteiger partial charge in [0.05, 0.1) is 6.61 Å². The fourth-order valence-corrected chi connectivity index (χ4v) is 4.31. The second-order valence-corrected chi connectivity index (χ2v) is 9.92. The van der Waals surface area contributed by atoms with Crippen molar-refractivity contribution in [2.75, 3.05) is 6.61 Å². The van der Waals surface area contributed by atoms with Gasteiger partial charge >= 0.3 is 0 Å². The van der Waals surface area contributed by atoms with Crippen molar-refractivity contribution in [2.24, 2.45) is 0 Å². The highest BCUT2D eigenvalue weighted by Crippen LogP contribution is 2.30. The predicted octanol–water partition coefficient (Wildman–Crippen LogP) is -7.46. The molecule has 4 N–H and O–H groups in total. The molecule has 204 valence electrons. The van der Waals surface area contributed by atoms with E-state index in [1.54, 1.807) is 0 Å². The molecule has 8 atom stereocenters. The molecule has 35 heavy (non-hydrogen) atoms. The molecule has 0 spiro atoms. The zero-order chi connectivity index (χ0) is 26.9. The van der Waals surface area contributed by atoms with E-state index in [9.17, 15) is 64.1 Å². The fourth-order valence-electron chi connectivity index (χ4n) is 2.94. The van der Waals surface area contributed by atoms with Crippen LogP contribution in [-0.4, -0.2) is 116 Å². The van der Waals surface area contributed by atoms with Gasteiger partial charge in [-0.2, -0.15) is 0 Å². The number of carbonyl (C=O) groups is 1. The van der Waals surface area contributed by atoms with Gasteiger partial charge < -0.3 is 53.1 Å². The first-order valence-corrected chi connectivity index (χ1v) is 12.8. The van der Waals surface area contributed by atoms with E-state index < -0.39 is 98.6 Å². The first-order valence-electron chi connectivity index (χ1n) is 8.70. The molecular formula is C12H15NO19S3-4. The third-order valence-corrected chi connectivity index (χ3v) is 5.68. The second-order valence-electron chi connectivity index (χ2n) is 6.71. The fraction of sp³-hybridized carbons (Fsp3) is 0.750. The highest BCUT2D eigenvalue weighted by atomic mass is 32.3. The zero-order valence-electron chi connectivity index (χ0n) is 16.5. The first-order chi connectivity index (χ1) is 15.8. The summed E-state index contributed by atoms with van der Waals surface area (Å²) >= 11 is 0. The van der Waals surface area contributed by atoms with E-state index in [1.807, 2.05) is 0 Å². The molecule has 0 unspecified atom stereocenters. The lowest BCUT2D eigenvalue weighted by atomic mass is 9.97. The molecular weight excluding hydrogens is 558 g/mol. The summed E-state index contributed by atoms with van der Waals surface area (Å²) in [6.45, 7) is -1.36. The molecule has 0 aromatic rings. The van der Waals surface area contributed by atoms with Crippen LogP contribution in [0.25, 0.3) is 0 Å². The molecule has 20 nitrogen and oxygen atoms in total. The van der Waals surface area contributed by atoms with E-state index >= 15 is 0 Å². The van der Waals surface area contributed by atoms with Crippen LogP contribution in [0.15, 0.2) is 11.8 Å². The third kappa shape index (κ3) is 8.79. The number of aliphatic hydroxyl groups excluding tert-OH is 3. The maximum Gasteiger partial charge on any atom is 0.231 e. The smallest absolute Gasteiger partial charge is 0.231 e. The summed E-state index contributed by atoms with van der Waals surface area (Å²) in [4.78, 5) is 11.1. The van der Waals surface area contributed by atoms with E-state index in [-0.39, 0.29) is 0 Å². The maximum absolute atomic E-state index is 11.1. The normalized spacial score (nSPS) is 34.6. The van der Waals surface area contributed by atoms with E-state index in [0.717, 1.165) is 0 Å². The Kier molecular flexibility index (Phi) is 9.15. The third-order valence-electron chi connectivity index (χ3n) is 4.24. The van der Waals surface area contributed by atoms with Gasteiger partial charge in [-0.05, 0) is 6.08 Å². The molecule has 2 aliphatic rings. The van der Waals surface area contributed by atoms with Crippen LogP contribution < -0.4 is 9.83 Å². The topological polar surface area (TPSA) is 331 Å². The molecule has 0 amide bonds. The first kappa shape index (κ1) is 29.6. The van der Waals surface area contributed by atoms with Crippen LogP contribution in [0.2, 0.25) is 0 Å². The number of carboxylic acids is 1.